The van der Waals surface area contributed by atoms with Crippen LogP contribution in [0.25, 0.3) is 28.1 Å². The van der Waals surface area contributed by atoms with Crippen LogP contribution in [0, 0.1) is 0 Å². The highest BCUT2D eigenvalue weighted by molar-refractivity contribution is 6.02. The molecule has 3 aliphatic heterocycles. The number of aromatic nitrogens is 4. The number of anilines is 2. The van der Waals surface area contributed by atoms with Gasteiger partial charge in [0.25, 0.3) is 0 Å². The normalized spacial score (nSPS) is 22.4. The summed E-state index contributed by atoms with van der Waals surface area (Å²) in [5.74, 6) is 1.56. The molecule has 1 saturated carbocycles. The molecule has 0 radical (unpaired) electrons. The van der Waals surface area contributed by atoms with E-state index >= 15 is 0 Å². The zero-order chi connectivity index (χ0) is 35.3. The minimum absolute atomic E-state index is 0.0542. The van der Waals surface area contributed by atoms with E-state index in [-0.39, 0.29) is 41.5 Å². The number of piperazine rings is 1. The third-order valence-corrected chi connectivity index (χ3v) is 11.0. The van der Waals surface area contributed by atoms with Gasteiger partial charge >= 0.3 is 0 Å². The zero-order valence-corrected chi connectivity index (χ0v) is 28.5. The van der Waals surface area contributed by atoms with Crippen molar-refractivity contribution in [3.8, 4) is 28.6 Å². The number of imide groups is 1. The Hall–Kier alpha value is -5.82. The number of aromatic hydroxyl groups is 1. The number of nitrogens with one attached hydrogen (secondary N) is 1. The predicted molar refractivity (Wildman–Crippen MR) is 194 cm³/mol. The minimum atomic E-state index is -0.381. The molecule has 2 N–H and O–H groups in total. The molecular weight excluding hydrogens is 660 g/mol. The number of nitrogens with zero attached hydrogens (tertiary/aromatic N) is 7. The van der Waals surface area contributed by atoms with Crippen LogP contribution in [0.5, 0.6) is 11.5 Å². The Bertz CT molecular complexity index is 2200. The lowest BCUT2D eigenvalue weighted by Crippen LogP contribution is -2.54. The fourth-order valence-electron chi connectivity index (χ4n) is 8.40. The number of fused-ring (bicyclic) bond motifs is 2. The monoisotopic (exact) mass is 698 g/mol. The van der Waals surface area contributed by atoms with E-state index in [1.54, 1.807) is 24.4 Å². The summed E-state index contributed by atoms with van der Waals surface area (Å²) in [5, 5.41) is 21.5. The van der Waals surface area contributed by atoms with Gasteiger partial charge in [0.15, 0.2) is 0 Å². The SMILES string of the molecule is O=C1CCC(N2CCOc3c(C4CCC(N5CCN(c6ccc(-n7ccc8nnc(-c9ccccc9O)cc87)nc6)C(=O)C5)C4)cccc32)C(=O)N1. The number of pyridine rings is 1. The minimum Gasteiger partial charge on any atom is -0.507 e. The number of para-hydroxylation sites is 2. The molecular formula is C39H38N8O5. The Kier molecular flexibility index (Phi) is 8.06. The van der Waals surface area contributed by atoms with Gasteiger partial charge in [-0.05, 0) is 79.6 Å². The van der Waals surface area contributed by atoms with Crippen LogP contribution >= 0.6 is 0 Å². The van der Waals surface area contributed by atoms with Crippen LogP contribution in [0.2, 0.25) is 0 Å². The van der Waals surface area contributed by atoms with Crippen molar-refractivity contribution in [2.45, 2.75) is 50.1 Å². The van der Waals surface area contributed by atoms with E-state index < -0.39 is 0 Å². The molecule has 3 amide bonds. The highest BCUT2D eigenvalue weighted by atomic mass is 16.5. The number of rotatable bonds is 6. The standard InChI is InChI=1S/C39H38N8O5/c48-34-7-2-1-4-28(34)30-21-33-29(42-43-30)14-15-47(33)35-12-10-26(22-40-35)45-17-16-44(23-37(45)50)25-9-8-24(20-25)27-5-3-6-31-38(27)52-19-18-46(31)32-11-13-36(49)41-39(32)51/h1-7,10,12,14-15,21-22,24-25,32,48H,8-9,11,13,16-20,23H2,(H,41,49,51). The van der Waals surface area contributed by atoms with Crippen molar-refractivity contribution in [1.29, 1.82) is 0 Å². The van der Waals surface area contributed by atoms with Crippen molar-refractivity contribution in [3.05, 3.63) is 84.7 Å². The quantitative estimate of drug-likeness (QED) is 0.248. The third kappa shape index (κ3) is 5.70. The van der Waals surface area contributed by atoms with Crippen molar-refractivity contribution in [2.24, 2.45) is 0 Å². The van der Waals surface area contributed by atoms with E-state index in [1.165, 1.54) is 0 Å². The molecule has 52 heavy (non-hydrogen) atoms. The Morgan fingerprint density at radius 1 is 0.904 bits per heavy atom. The predicted octanol–water partition coefficient (Wildman–Crippen LogP) is 4.18. The molecule has 5 aromatic rings. The van der Waals surface area contributed by atoms with E-state index in [4.69, 9.17) is 9.72 Å². The number of piperidine rings is 1. The van der Waals surface area contributed by atoms with E-state index in [2.05, 4.69) is 31.4 Å². The van der Waals surface area contributed by atoms with E-state index in [1.807, 2.05) is 58.1 Å². The van der Waals surface area contributed by atoms with Crippen LogP contribution in [-0.4, -0.2) is 92.3 Å². The molecule has 3 fully saturated rings. The maximum Gasteiger partial charge on any atom is 0.249 e. The van der Waals surface area contributed by atoms with Crippen LogP contribution in [0.15, 0.2) is 79.1 Å². The first kappa shape index (κ1) is 32.1. The number of amides is 3. The molecule has 4 aliphatic rings. The molecule has 9 rings (SSSR count). The van der Waals surface area contributed by atoms with Gasteiger partial charge in [0.1, 0.15) is 35.5 Å². The van der Waals surface area contributed by atoms with Gasteiger partial charge in [0.2, 0.25) is 17.7 Å². The summed E-state index contributed by atoms with van der Waals surface area (Å²) < 4.78 is 8.17. The lowest BCUT2D eigenvalue weighted by atomic mass is 9.94. The number of ether oxygens (including phenoxy) is 1. The van der Waals surface area contributed by atoms with Crippen molar-refractivity contribution >= 4 is 40.1 Å². The molecule has 0 spiro atoms. The van der Waals surface area contributed by atoms with Gasteiger partial charge in [-0.3, -0.25) is 29.2 Å². The average molecular weight is 699 g/mol. The lowest BCUT2D eigenvalue weighted by Gasteiger charge is -2.39. The molecule has 264 valence electrons. The number of hydrogen-bond donors (Lipinski definition) is 2. The molecule has 3 aromatic heterocycles. The fraction of sp³-hybridized carbons (Fsp3) is 0.333. The number of hydrogen-bond acceptors (Lipinski definition) is 10. The Labute approximate surface area is 299 Å². The topological polar surface area (TPSA) is 146 Å². The van der Waals surface area contributed by atoms with Gasteiger partial charge < -0.3 is 19.6 Å². The van der Waals surface area contributed by atoms with Crippen LogP contribution in [0.3, 0.4) is 0 Å². The van der Waals surface area contributed by atoms with E-state index in [9.17, 15) is 19.5 Å². The lowest BCUT2D eigenvalue weighted by molar-refractivity contribution is -0.134. The van der Waals surface area contributed by atoms with Gasteiger partial charge in [-0.1, -0.05) is 24.3 Å². The molecule has 0 bridgehead atoms. The largest absolute Gasteiger partial charge is 0.507 e. The molecule has 1 aliphatic carbocycles. The van der Waals surface area contributed by atoms with Gasteiger partial charge in [0.05, 0.1) is 41.9 Å². The third-order valence-electron chi connectivity index (χ3n) is 11.0. The molecule has 13 nitrogen and oxygen atoms in total. The maximum atomic E-state index is 13.6. The summed E-state index contributed by atoms with van der Waals surface area (Å²) in [5.41, 5.74) is 5.52. The molecule has 2 saturated heterocycles. The van der Waals surface area contributed by atoms with Gasteiger partial charge in [-0.25, -0.2) is 4.98 Å². The molecule has 3 unspecified atom stereocenters. The van der Waals surface area contributed by atoms with Crippen molar-refractivity contribution in [1.82, 2.24) is 30.0 Å². The van der Waals surface area contributed by atoms with E-state index in [0.29, 0.717) is 61.7 Å². The maximum absolute atomic E-state index is 13.6. The van der Waals surface area contributed by atoms with Crippen LogP contribution in [0.4, 0.5) is 11.4 Å². The summed E-state index contributed by atoms with van der Waals surface area (Å²) in [6.45, 7) is 2.79. The average Bonchev–Trinajstić information content (AvgIpc) is 3.83. The van der Waals surface area contributed by atoms with Crippen molar-refractivity contribution < 1.29 is 24.2 Å². The first-order valence-corrected chi connectivity index (χ1v) is 17.9. The number of benzene rings is 2. The van der Waals surface area contributed by atoms with E-state index in [0.717, 1.165) is 54.0 Å². The second kappa shape index (κ2) is 13.1. The summed E-state index contributed by atoms with van der Waals surface area (Å²) in [7, 11) is 0. The summed E-state index contributed by atoms with van der Waals surface area (Å²) in [6, 6.07) is 20.7. The Balaban J connectivity index is 0.863. The van der Waals surface area contributed by atoms with Gasteiger partial charge in [-0.2, -0.15) is 0 Å². The second-order valence-electron chi connectivity index (χ2n) is 14.0. The number of phenols is 1. The molecule has 6 heterocycles. The Morgan fingerprint density at radius 2 is 1.81 bits per heavy atom. The van der Waals surface area contributed by atoms with Crippen molar-refractivity contribution in [3.63, 3.8) is 0 Å². The highest BCUT2D eigenvalue weighted by Crippen LogP contribution is 2.46. The molecule has 13 heteroatoms. The second-order valence-corrected chi connectivity index (χ2v) is 14.0. The highest BCUT2D eigenvalue weighted by Gasteiger charge is 2.39. The van der Waals surface area contributed by atoms with Crippen LogP contribution in [0.1, 0.15) is 43.6 Å². The zero-order valence-electron chi connectivity index (χ0n) is 28.5. The van der Waals surface area contributed by atoms with Crippen molar-refractivity contribution in [2.75, 3.05) is 42.6 Å². The smallest absolute Gasteiger partial charge is 0.249 e. The summed E-state index contributed by atoms with van der Waals surface area (Å²) >= 11 is 0. The van der Waals surface area contributed by atoms with Crippen LogP contribution < -0.4 is 19.9 Å². The summed E-state index contributed by atoms with van der Waals surface area (Å²) in [4.78, 5) is 49.0. The fourth-order valence-corrected chi connectivity index (χ4v) is 8.40. The number of carbonyl (C=O) groups excluding carboxylic acids is 3. The molecule has 2 aromatic carbocycles. The van der Waals surface area contributed by atoms with Gasteiger partial charge in [0, 0.05) is 37.3 Å². The molecule has 3 atom stereocenters. The van der Waals surface area contributed by atoms with Gasteiger partial charge in [-0.15, -0.1) is 10.2 Å². The Morgan fingerprint density at radius 3 is 2.63 bits per heavy atom. The number of phenolic OH excluding ortho intramolecular Hbond substituents is 1. The summed E-state index contributed by atoms with van der Waals surface area (Å²) in [6.07, 6.45) is 7.40. The first-order chi connectivity index (χ1) is 25.4. The number of carbonyl (C=O) groups is 3. The van der Waals surface area contributed by atoms with Crippen LogP contribution in [-0.2, 0) is 14.4 Å². The first-order valence-electron chi connectivity index (χ1n) is 17.9.